The summed E-state index contributed by atoms with van der Waals surface area (Å²) in [6.07, 6.45) is 0. The molecule has 1 N–H and O–H groups in total. The number of para-hydroxylation sites is 1. The van der Waals surface area contributed by atoms with Gasteiger partial charge in [-0.05, 0) is 48.5 Å². The molecule has 0 aliphatic carbocycles. The lowest BCUT2D eigenvalue weighted by Crippen LogP contribution is -2.20. The standard InChI is InChI=1S/C24H19NO4/c1-28-24(27)20-9-5-7-18(15-20)13-14-19-8-6-10-21(16-19)25-23(26)17-29-22-11-3-2-4-12-22/h2-12,15-16H,17H2,1H3,(H,25,26). The van der Waals surface area contributed by atoms with Crippen LogP contribution in [0.1, 0.15) is 21.5 Å². The number of nitrogens with one attached hydrogen (secondary N) is 1. The van der Waals surface area contributed by atoms with Gasteiger partial charge in [0.2, 0.25) is 0 Å². The van der Waals surface area contributed by atoms with Gasteiger partial charge in [0, 0.05) is 16.8 Å². The number of esters is 1. The fourth-order valence-electron chi connectivity index (χ4n) is 2.52. The van der Waals surface area contributed by atoms with E-state index >= 15 is 0 Å². The summed E-state index contributed by atoms with van der Waals surface area (Å²) < 4.78 is 10.2. The molecule has 5 nitrogen and oxygen atoms in total. The maximum absolute atomic E-state index is 12.1. The lowest BCUT2D eigenvalue weighted by Gasteiger charge is -2.07. The van der Waals surface area contributed by atoms with E-state index in [1.807, 2.05) is 36.4 Å². The lowest BCUT2D eigenvalue weighted by atomic mass is 10.1. The largest absolute Gasteiger partial charge is 0.484 e. The summed E-state index contributed by atoms with van der Waals surface area (Å²) in [7, 11) is 1.34. The van der Waals surface area contributed by atoms with Crippen LogP contribution in [0, 0.1) is 11.8 Å². The molecule has 0 saturated heterocycles. The first-order chi connectivity index (χ1) is 14.1. The Morgan fingerprint density at radius 3 is 2.28 bits per heavy atom. The van der Waals surface area contributed by atoms with E-state index in [1.165, 1.54) is 7.11 Å². The van der Waals surface area contributed by atoms with Crippen LogP contribution in [0.3, 0.4) is 0 Å². The molecule has 3 aromatic rings. The highest BCUT2D eigenvalue weighted by Crippen LogP contribution is 2.12. The Morgan fingerprint density at radius 2 is 1.55 bits per heavy atom. The smallest absolute Gasteiger partial charge is 0.337 e. The van der Waals surface area contributed by atoms with Crippen LogP contribution in [-0.4, -0.2) is 25.6 Å². The predicted octanol–water partition coefficient (Wildman–Crippen LogP) is 3.89. The summed E-state index contributed by atoms with van der Waals surface area (Å²) in [6.45, 7) is -0.0831. The van der Waals surface area contributed by atoms with E-state index in [2.05, 4.69) is 17.2 Å². The molecule has 0 unspecified atom stereocenters. The highest BCUT2D eigenvalue weighted by molar-refractivity contribution is 5.92. The Bertz CT molecular complexity index is 1060. The number of rotatable bonds is 5. The van der Waals surface area contributed by atoms with Gasteiger partial charge in [0.1, 0.15) is 5.75 Å². The summed E-state index contributed by atoms with van der Waals surface area (Å²) in [5.41, 5.74) is 2.49. The molecule has 0 aliphatic rings. The average Bonchev–Trinajstić information content (AvgIpc) is 2.77. The van der Waals surface area contributed by atoms with Crippen LogP contribution in [0.2, 0.25) is 0 Å². The number of hydrogen-bond donors (Lipinski definition) is 1. The highest BCUT2D eigenvalue weighted by Gasteiger charge is 2.05. The van der Waals surface area contributed by atoms with E-state index in [-0.39, 0.29) is 12.5 Å². The number of hydrogen-bond acceptors (Lipinski definition) is 4. The van der Waals surface area contributed by atoms with E-state index in [1.54, 1.807) is 42.5 Å². The first-order valence-electron chi connectivity index (χ1n) is 8.92. The second-order valence-electron chi connectivity index (χ2n) is 6.05. The van der Waals surface area contributed by atoms with E-state index in [9.17, 15) is 9.59 Å². The summed E-state index contributed by atoms with van der Waals surface area (Å²) in [6, 6.07) is 23.3. The van der Waals surface area contributed by atoms with Crippen LogP contribution in [0.15, 0.2) is 78.9 Å². The Labute approximate surface area is 169 Å². The predicted molar refractivity (Wildman–Crippen MR) is 111 cm³/mol. The van der Waals surface area contributed by atoms with E-state index < -0.39 is 5.97 Å². The van der Waals surface area contributed by atoms with Crippen LogP contribution in [-0.2, 0) is 9.53 Å². The molecule has 0 spiro atoms. The van der Waals surface area contributed by atoms with Gasteiger partial charge in [-0.15, -0.1) is 0 Å². The van der Waals surface area contributed by atoms with Gasteiger partial charge in [0.05, 0.1) is 12.7 Å². The van der Waals surface area contributed by atoms with Gasteiger partial charge in [-0.1, -0.05) is 42.2 Å². The SMILES string of the molecule is COC(=O)c1cccc(C#Cc2cccc(NC(=O)COc3ccccc3)c2)c1. The van der Waals surface area contributed by atoms with Crippen molar-refractivity contribution in [3.05, 3.63) is 95.6 Å². The lowest BCUT2D eigenvalue weighted by molar-refractivity contribution is -0.118. The molecule has 144 valence electrons. The van der Waals surface area contributed by atoms with Crippen molar-refractivity contribution in [2.24, 2.45) is 0 Å². The fraction of sp³-hybridized carbons (Fsp3) is 0.0833. The maximum atomic E-state index is 12.1. The van der Waals surface area contributed by atoms with E-state index in [4.69, 9.17) is 9.47 Å². The normalized spacial score (nSPS) is 9.69. The van der Waals surface area contributed by atoms with Crippen molar-refractivity contribution in [2.45, 2.75) is 0 Å². The Balaban J connectivity index is 1.64. The number of carbonyl (C=O) groups excluding carboxylic acids is 2. The zero-order chi connectivity index (χ0) is 20.5. The first-order valence-corrected chi connectivity index (χ1v) is 8.92. The van der Waals surface area contributed by atoms with Gasteiger partial charge in [-0.2, -0.15) is 0 Å². The third kappa shape index (κ3) is 5.98. The van der Waals surface area contributed by atoms with Crippen molar-refractivity contribution in [2.75, 3.05) is 19.0 Å². The van der Waals surface area contributed by atoms with Crippen molar-refractivity contribution < 1.29 is 19.1 Å². The minimum absolute atomic E-state index is 0.0831. The first kappa shape index (κ1) is 19.7. The molecule has 0 radical (unpaired) electrons. The summed E-state index contributed by atoms with van der Waals surface area (Å²) >= 11 is 0. The molecule has 3 rings (SSSR count). The Hall–Kier alpha value is -4.04. The second-order valence-corrected chi connectivity index (χ2v) is 6.05. The van der Waals surface area contributed by atoms with Crippen LogP contribution < -0.4 is 10.1 Å². The monoisotopic (exact) mass is 385 g/mol. The summed E-state index contributed by atoms with van der Waals surface area (Å²) in [5, 5.41) is 2.79. The van der Waals surface area contributed by atoms with Crippen LogP contribution in [0.4, 0.5) is 5.69 Å². The molecule has 0 saturated carbocycles. The van der Waals surface area contributed by atoms with E-state index in [0.29, 0.717) is 22.6 Å². The van der Waals surface area contributed by atoms with Crippen molar-refractivity contribution in [3.63, 3.8) is 0 Å². The highest BCUT2D eigenvalue weighted by atomic mass is 16.5. The van der Waals surface area contributed by atoms with Crippen LogP contribution in [0.25, 0.3) is 0 Å². The molecule has 5 heteroatoms. The molecule has 29 heavy (non-hydrogen) atoms. The van der Waals surface area contributed by atoms with Gasteiger partial charge >= 0.3 is 5.97 Å². The number of ether oxygens (including phenoxy) is 2. The molecule has 3 aromatic carbocycles. The second kappa shape index (κ2) is 9.77. The van der Waals surface area contributed by atoms with Crippen LogP contribution in [0.5, 0.6) is 5.75 Å². The van der Waals surface area contributed by atoms with Gasteiger partial charge in [0.25, 0.3) is 5.91 Å². The quantitative estimate of drug-likeness (QED) is 0.535. The Kier molecular flexibility index (Phi) is 6.64. The van der Waals surface area contributed by atoms with Crippen molar-refractivity contribution >= 4 is 17.6 Å². The topological polar surface area (TPSA) is 64.6 Å². The number of carbonyl (C=O) groups is 2. The Morgan fingerprint density at radius 1 is 0.862 bits per heavy atom. The molecule has 0 bridgehead atoms. The number of methoxy groups -OCH3 is 1. The van der Waals surface area contributed by atoms with E-state index in [0.717, 1.165) is 5.56 Å². The minimum Gasteiger partial charge on any atom is -0.484 e. The van der Waals surface area contributed by atoms with Crippen molar-refractivity contribution in [1.29, 1.82) is 0 Å². The minimum atomic E-state index is -0.406. The molecular weight excluding hydrogens is 366 g/mol. The summed E-state index contributed by atoms with van der Waals surface area (Å²) in [4.78, 5) is 23.7. The third-order valence-corrected chi connectivity index (χ3v) is 3.89. The van der Waals surface area contributed by atoms with Gasteiger partial charge < -0.3 is 14.8 Å². The molecule has 0 aromatic heterocycles. The molecular formula is C24H19NO4. The zero-order valence-corrected chi connectivity index (χ0v) is 15.8. The van der Waals surface area contributed by atoms with Gasteiger partial charge in [0.15, 0.2) is 6.61 Å². The summed E-state index contributed by atoms with van der Waals surface area (Å²) in [5.74, 6) is 6.01. The fourth-order valence-corrected chi connectivity index (χ4v) is 2.52. The molecule has 0 aliphatic heterocycles. The van der Waals surface area contributed by atoms with Crippen molar-refractivity contribution in [3.8, 4) is 17.6 Å². The zero-order valence-electron chi connectivity index (χ0n) is 15.8. The number of benzene rings is 3. The van der Waals surface area contributed by atoms with Crippen molar-refractivity contribution in [1.82, 2.24) is 0 Å². The van der Waals surface area contributed by atoms with Crippen LogP contribution >= 0.6 is 0 Å². The number of amides is 1. The molecule has 1 amide bonds. The molecule has 0 fully saturated rings. The number of anilines is 1. The average molecular weight is 385 g/mol. The van der Waals surface area contributed by atoms with Gasteiger partial charge in [-0.3, -0.25) is 4.79 Å². The van der Waals surface area contributed by atoms with Gasteiger partial charge in [-0.25, -0.2) is 4.79 Å². The molecule has 0 heterocycles. The third-order valence-electron chi connectivity index (χ3n) is 3.89. The molecule has 0 atom stereocenters. The maximum Gasteiger partial charge on any atom is 0.337 e.